The summed E-state index contributed by atoms with van der Waals surface area (Å²) in [5.41, 5.74) is 7.18. The molecule has 0 saturated carbocycles. The molecule has 3 heteroatoms. The molecule has 0 amide bonds. The van der Waals surface area contributed by atoms with Gasteiger partial charge in [0.1, 0.15) is 0 Å². The van der Waals surface area contributed by atoms with Crippen LogP contribution in [0.25, 0.3) is 0 Å². The predicted octanol–water partition coefficient (Wildman–Crippen LogP) is 3.69. The van der Waals surface area contributed by atoms with Gasteiger partial charge in [-0.2, -0.15) is 0 Å². The van der Waals surface area contributed by atoms with Crippen molar-refractivity contribution in [1.82, 2.24) is 0 Å². The summed E-state index contributed by atoms with van der Waals surface area (Å²) in [6.45, 7) is 2.06. The van der Waals surface area contributed by atoms with E-state index in [0.29, 0.717) is 0 Å². The van der Waals surface area contributed by atoms with Gasteiger partial charge in [-0.25, -0.2) is 0 Å². The first-order valence-corrected chi connectivity index (χ1v) is 7.22. The molecule has 1 nitrogen and oxygen atoms in total. The number of thiophene rings is 1. The van der Waals surface area contributed by atoms with Crippen LogP contribution in [0, 0.1) is 0 Å². The fourth-order valence-corrected chi connectivity index (χ4v) is 2.89. The zero-order valence-electron chi connectivity index (χ0n) is 9.44. The minimum absolute atomic E-state index is 0.384. The fourth-order valence-electron chi connectivity index (χ4n) is 1.65. The van der Waals surface area contributed by atoms with Gasteiger partial charge in [0.2, 0.25) is 0 Å². The molecule has 84 valence electrons. The quantitative estimate of drug-likeness (QED) is 0.840. The van der Waals surface area contributed by atoms with Crippen LogP contribution in [0.1, 0.15) is 17.4 Å². The molecule has 1 unspecified atom stereocenters. The second-order valence-corrected chi connectivity index (χ2v) is 5.74. The average molecular weight is 249 g/mol. The van der Waals surface area contributed by atoms with Crippen LogP contribution >= 0.6 is 23.1 Å². The van der Waals surface area contributed by atoms with Gasteiger partial charge < -0.3 is 5.73 Å². The Labute approximate surface area is 105 Å². The van der Waals surface area contributed by atoms with Crippen LogP contribution < -0.4 is 5.73 Å². The van der Waals surface area contributed by atoms with Gasteiger partial charge in [0, 0.05) is 9.77 Å². The largest absolute Gasteiger partial charge is 0.317 e. The molecule has 2 N–H and O–H groups in total. The molecule has 1 heterocycles. The number of rotatable bonds is 3. The summed E-state index contributed by atoms with van der Waals surface area (Å²) in [5.74, 6) is 0. The molecular weight excluding hydrogens is 234 g/mol. The Morgan fingerprint density at radius 3 is 2.38 bits per heavy atom. The van der Waals surface area contributed by atoms with Gasteiger partial charge in [0.25, 0.3) is 0 Å². The second kappa shape index (κ2) is 4.62. The molecule has 0 saturated heterocycles. The Balaban J connectivity index is 2.35. The maximum Gasteiger partial charge on any atom is 0.0730 e. The molecule has 1 aromatic heterocycles. The summed E-state index contributed by atoms with van der Waals surface area (Å²) < 4.78 is 0. The van der Waals surface area contributed by atoms with Crippen molar-refractivity contribution < 1.29 is 0 Å². The Kier molecular flexibility index (Phi) is 3.38. The highest BCUT2D eigenvalue weighted by atomic mass is 32.2. The van der Waals surface area contributed by atoms with Crippen molar-refractivity contribution in [3.05, 3.63) is 52.2 Å². The van der Waals surface area contributed by atoms with Crippen molar-refractivity contribution in [3.8, 4) is 0 Å². The molecule has 0 aliphatic heterocycles. The van der Waals surface area contributed by atoms with Crippen molar-refractivity contribution in [2.24, 2.45) is 5.73 Å². The standard InChI is InChI=1S/C13H15NS2/c1-13(14,12-4-3-9-16-12)10-5-7-11(15-2)8-6-10/h3-9H,14H2,1-2H3. The predicted molar refractivity (Wildman–Crippen MR) is 73.2 cm³/mol. The zero-order valence-corrected chi connectivity index (χ0v) is 11.1. The third-order valence-electron chi connectivity index (χ3n) is 2.72. The summed E-state index contributed by atoms with van der Waals surface area (Å²) in [6, 6.07) is 12.6. The lowest BCUT2D eigenvalue weighted by Gasteiger charge is -2.24. The van der Waals surface area contributed by atoms with Crippen molar-refractivity contribution in [2.45, 2.75) is 17.4 Å². The van der Waals surface area contributed by atoms with E-state index in [-0.39, 0.29) is 5.54 Å². The molecule has 0 radical (unpaired) electrons. The van der Waals surface area contributed by atoms with E-state index in [0.717, 1.165) is 5.56 Å². The molecule has 0 aliphatic rings. The second-order valence-electron chi connectivity index (χ2n) is 3.91. The highest BCUT2D eigenvalue weighted by Crippen LogP contribution is 2.30. The van der Waals surface area contributed by atoms with Gasteiger partial charge >= 0.3 is 0 Å². The van der Waals surface area contributed by atoms with E-state index >= 15 is 0 Å². The van der Waals surface area contributed by atoms with Crippen LogP contribution in [0.15, 0.2) is 46.7 Å². The number of nitrogens with two attached hydrogens (primary N) is 1. The normalized spacial score (nSPS) is 14.7. The molecule has 0 spiro atoms. The third kappa shape index (κ3) is 2.17. The SMILES string of the molecule is CSc1ccc(C(C)(N)c2cccs2)cc1. The number of thioether (sulfide) groups is 1. The van der Waals surface area contributed by atoms with E-state index in [1.807, 2.05) is 6.07 Å². The highest BCUT2D eigenvalue weighted by Gasteiger charge is 2.24. The summed E-state index contributed by atoms with van der Waals surface area (Å²) in [4.78, 5) is 2.47. The van der Waals surface area contributed by atoms with E-state index in [1.54, 1.807) is 23.1 Å². The van der Waals surface area contributed by atoms with Gasteiger partial charge in [-0.05, 0) is 42.3 Å². The lowest BCUT2D eigenvalue weighted by atomic mass is 9.92. The summed E-state index contributed by atoms with van der Waals surface area (Å²) in [7, 11) is 0. The Bertz CT molecular complexity index is 443. The van der Waals surface area contributed by atoms with Crippen molar-refractivity contribution in [1.29, 1.82) is 0 Å². The molecule has 2 rings (SSSR count). The summed E-state index contributed by atoms with van der Waals surface area (Å²) in [5, 5.41) is 2.07. The first kappa shape index (κ1) is 11.7. The molecule has 2 aromatic rings. The van der Waals surface area contributed by atoms with Gasteiger partial charge in [-0.1, -0.05) is 18.2 Å². The lowest BCUT2D eigenvalue weighted by molar-refractivity contribution is 0.616. The molecule has 16 heavy (non-hydrogen) atoms. The molecule has 0 bridgehead atoms. The molecule has 1 aromatic carbocycles. The van der Waals surface area contributed by atoms with Crippen molar-refractivity contribution in [3.63, 3.8) is 0 Å². The first-order chi connectivity index (χ1) is 7.64. The van der Waals surface area contributed by atoms with Crippen LogP contribution in [0.4, 0.5) is 0 Å². The zero-order chi connectivity index (χ0) is 11.6. The van der Waals surface area contributed by atoms with E-state index in [2.05, 4.69) is 48.9 Å². The number of hydrogen-bond acceptors (Lipinski definition) is 3. The Morgan fingerprint density at radius 1 is 1.19 bits per heavy atom. The van der Waals surface area contributed by atoms with Crippen LogP contribution in [-0.4, -0.2) is 6.26 Å². The highest BCUT2D eigenvalue weighted by molar-refractivity contribution is 7.98. The minimum atomic E-state index is -0.384. The van der Waals surface area contributed by atoms with Crippen molar-refractivity contribution >= 4 is 23.1 Å². The Hall–Kier alpha value is -0.770. The molecule has 0 aliphatic carbocycles. The number of benzene rings is 1. The molecule has 1 atom stereocenters. The van der Waals surface area contributed by atoms with Crippen LogP contribution in [0.3, 0.4) is 0 Å². The van der Waals surface area contributed by atoms with E-state index < -0.39 is 0 Å². The topological polar surface area (TPSA) is 26.0 Å². The number of hydrogen-bond donors (Lipinski definition) is 1. The van der Waals surface area contributed by atoms with E-state index in [4.69, 9.17) is 5.73 Å². The maximum atomic E-state index is 6.40. The average Bonchev–Trinajstić information content (AvgIpc) is 2.83. The fraction of sp³-hybridized carbons (Fsp3) is 0.231. The van der Waals surface area contributed by atoms with Gasteiger partial charge in [0.15, 0.2) is 0 Å². The lowest BCUT2D eigenvalue weighted by Crippen LogP contribution is -2.33. The molecule has 0 fully saturated rings. The Morgan fingerprint density at radius 2 is 1.88 bits per heavy atom. The van der Waals surface area contributed by atoms with Gasteiger partial charge in [-0.15, -0.1) is 23.1 Å². The summed E-state index contributed by atoms with van der Waals surface area (Å²) >= 11 is 3.45. The molecular formula is C13H15NS2. The van der Waals surface area contributed by atoms with Crippen LogP contribution in [0.5, 0.6) is 0 Å². The van der Waals surface area contributed by atoms with E-state index in [1.165, 1.54) is 9.77 Å². The summed E-state index contributed by atoms with van der Waals surface area (Å²) in [6.07, 6.45) is 2.08. The minimum Gasteiger partial charge on any atom is -0.317 e. The monoisotopic (exact) mass is 249 g/mol. The van der Waals surface area contributed by atoms with Gasteiger partial charge in [0.05, 0.1) is 5.54 Å². The van der Waals surface area contributed by atoms with Crippen molar-refractivity contribution in [2.75, 3.05) is 6.26 Å². The van der Waals surface area contributed by atoms with Crippen LogP contribution in [-0.2, 0) is 5.54 Å². The first-order valence-electron chi connectivity index (χ1n) is 5.12. The maximum absolute atomic E-state index is 6.40. The smallest absolute Gasteiger partial charge is 0.0730 e. The third-order valence-corrected chi connectivity index (χ3v) is 4.57. The van der Waals surface area contributed by atoms with E-state index in [9.17, 15) is 0 Å². The van der Waals surface area contributed by atoms with Gasteiger partial charge in [-0.3, -0.25) is 0 Å². The van der Waals surface area contributed by atoms with Crippen LogP contribution in [0.2, 0.25) is 0 Å².